The molecule has 142 valence electrons. The Morgan fingerprint density at radius 3 is 2.33 bits per heavy atom. The zero-order valence-electron chi connectivity index (χ0n) is 14.6. The number of hydrogen-bond acceptors (Lipinski definition) is 3. The number of amides is 1. The van der Waals surface area contributed by atoms with E-state index in [1.165, 1.54) is 0 Å². The van der Waals surface area contributed by atoms with Gasteiger partial charge < -0.3 is 10.2 Å². The van der Waals surface area contributed by atoms with E-state index in [-0.39, 0.29) is 24.2 Å². The predicted molar refractivity (Wildman–Crippen MR) is 110 cm³/mol. The third-order valence-electron chi connectivity index (χ3n) is 4.73. The Hall–Kier alpha value is -1.75. The van der Waals surface area contributed by atoms with E-state index >= 15 is 0 Å². The monoisotopic (exact) mass is 424 g/mol. The molecule has 27 heavy (non-hydrogen) atoms. The Labute approximate surface area is 173 Å². The molecule has 1 N–H and O–H groups in total. The zero-order chi connectivity index (χ0) is 19.4. The molecule has 1 aliphatic rings. The Bertz CT molecular complexity index is 849. The van der Waals surface area contributed by atoms with Crippen LogP contribution in [0.5, 0.6) is 0 Å². The predicted octanol–water partition coefficient (Wildman–Crippen LogP) is 5.18. The largest absolute Gasteiger partial charge is 0.375 e. The van der Waals surface area contributed by atoms with Crippen molar-refractivity contribution in [3.8, 4) is 0 Å². The van der Waals surface area contributed by atoms with Crippen molar-refractivity contribution < 1.29 is 9.59 Å². The molecule has 1 heterocycles. The van der Waals surface area contributed by atoms with Gasteiger partial charge in [0.1, 0.15) is 0 Å². The highest BCUT2D eigenvalue weighted by molar-refractivity contribution is 6.42. The van der Waals surface area contributed by atoms with Crippen LogP contribution < -0.4 is 5.32 Å². The van der Waals surface area contributed by atoms with Gasteiger partial charge in [0.15, 0.2) is 5.78 Å². The van der Waals surface area contributed by atoms with E-state index in [4.69, 9.17) is 34.8 Å². The van der Waals surface area contributed by atoms with Crippen LogP contribution in [0.4, 0.5) is 5.69 Å². The fourth-order valence-corrected chi connectivity index (χ4v) is 3.66. The summed E-state index contributed by atoms with van der Waals surface area (Å²) in [7, 11) is 0. The van der Waals surface area contributed by atoms with Crippen molar-refractivity contribution in [1.29, 1.82) is 0 Å². The third-order valence-corrected chi connectivity index (χ3v) is 5.80. The lowest BCUT2D eigenvalue weighted by molar-refractivity contribution is -0.130. The van der Waals surface area contributed by atoms with Gasteiger partial charge in [0.25, 0.3) is 0 Å². The molecule has 1 saturated heterocycles. The second-order valence-electron chi connectivity index (χ2n) is 6.48. The molecule has 2 aromatic carbocycles. The molecule has 0 unspecified atom stereocenters. The number of ketones is 1. The summed E-state index contributed by atoms with van der Waals surface area (Å²) >= 11 is 18.0. The van der Waals surface area contributed by atoms with Crippen LogP contribution in [0.2, 0.25) is 15.1 Å². The lowest BCUT2D eigenvalue weighted by Gasteiger charge is -2.31. The fourth-order valence-electron chi connectivity index (χ4n) is 3.16. The minimum Gasteiger partial charge on any atom is -0.375 e. The van der Waals surface area contributed by atoms with E-state index in [0.29, 0.717) is 46.6 Å². The standard InChI is InChI=1S/C20H19Cl3N2O2/c21-15-6-5-14(11-17(15)23)20(27)13-7-9-25(10-8-13)19(26)12-24-18-4-2-1-3-16(18)22/h1-6,11,13,24H,7-10,12H2. The first-order valence-corrected chi connectivity index (χ1v) is 9.84. The molecular weight excluding hydrogens is 407 g/mol. The van der Waals surface area contributed by atoms with Crippen LogP contribution in [0.3, 0.4) is 0 Å². The van der Waals surface area contributed by atoms with Crippen molar-refractivity contribution in [2.24, 2.45) is 5.92 Å². The highest BCUT2D eigenvalue weighted by atomic mass is 35.5. The van der Waals surface area contributed by atoms with Crippen molar-refractivity contribution in [2.45, 2.75) is 12.8 Å². The van der Waals surface area contributed by atoms with E-state index in [9.17, 15) is 9.59 Å². The maximum atomic E-state index is 12.7. The summed E-state index contributed by atoms with van der Waals surface area (Å²) in [6.45, 7) is 1.29. The first-order valence-electron chi connectivity index (χ1n) is 8.71. The molecule has 0 bridgehead atoms. The zero-order valence-corrected chi connectivity index (χ0v) is 16.8. The highest BCUT2D eigenvalue weighted by Crippen LogP contribution is 2.27. The maximum absolute atomic E-state index is 12.7. The summed E-state index contributed by atoms with van der Waals surface area (Å²) in [6, 6.07) is 12.2. The summed E-state index contributed by atoms with van der Waals surface area (Å²) in [6.07, 6.45) is 1.27. The topological polar surface area (TPSA) is 49.4 Å². The van der Waals surface area contributed by atoms with Crippen LogP contribution in [0.1, 0.15) is 23.2 Å². The minimum absolute atomic E-state index is 0.00430. The Kier molecular flexibility index (Phi) is 6.64. The molecule has 3 rings (SSSR count). The molecule has 2 aromatic rings. The average Bonchev–Trinajstić information content (AvgIpc) is 2.69. The van der Waals surface area contributed by atoms with Crippen LogP contribution in [-0.4, -0.2) is 36.2 Å². The number of anilines is 1. The number of para-hydroxylation sites is 1. The quantitative estimate of drug-likeness (QED) is 0.671. The number of piperidine rings is 1. The Morgan fingerprint density at radius 2 is 1.67 bits per heavy atom. The summed E-state index contributed by atoms with van der Waals surface area (Å²) < 4.78 is 0. The summed E-state index contributed by atoms with van der Waals surface area (Å²) in [5, 5.41) is 4.45. The van der Waals surface area contributed by atoms with E-state index in [2.05, 4.69) is 5.32 Å². The second-order valence-corrected chi connectivity index (χ2v) is 7.70. The number of benzene rings is 2. The van der Waals surface area contributed by atoms with Crippen LogP contribution >= 0.6 is 34.8 Å². The molecule has 0 radical (unpaired) electrons. The van der Waals surface area contributed by atoms with Crippen molar-refractivity contribution in [1.82, 2.24) is 4.90 Å². The Balaban J connectivity index is 1.52. The van der Waals surface area contributed by atoms with Gasteiger partial charge in [-0.1, -0.05) is 46.9 Å². The van der Waals surface area contributed by atoms with Crippen LogP contribution in [-0.2, 0) is 4.79 Å². The average molecular weight is 426 g/mol. The van der Waals surface area contributed by atoms with Gasteiger partial charge in [-0.15, -0.1) is 0 Å². The van der Waals surface area contributed by atoms with Crippen molar-refractivity contribution in [3.05, 3.63) is 63.1 Å². The Morgan fingerprint density at radius 1 is 0.963 bits per heavy atom. The molecular formula is C20H19Cl3N2O2. The maximum Gasteiger partial charge on any atom is 0.241 e. The van der Waals surface area contributed by atoms with Gasteiger partial charge in [-0.3, -0.25) is 9.59 Å². The van der Waals surface area contributed by atoms with E-state index in [1.54, 1.807) is 29.2 Å². The van der Waals surface area contributed by atoms with Gasteiger partial charge in [0, 0.05) is 24.6 Å². The third kappa shape index (κ3) is 4.95. The molecule has 0 aromatic heterocycles. The number of hydrogen-bond donors (Lipinski definition) is 1. The first-order chi connectivity index (χ1) is 13.0. The number of nitrogens with zero attached hydrogens (tertiary/aromatic N) is 1. The van der Waals surface area contributed by atoms with Crippen LogP contribution in [0, 0.1) is 5.92 Å². The molecule has 4 nitrogen and oxygen atoms in total. The van der Waals surface area contributed by atoms with Gasteiger partial charge in [-0.2, -0.15) is 0 Å². The normalized spacial score (nSPS) is 14.9. The number of rotatable bonds is 5. The molecule has 1 amide bonds. The molecule has 0 saturated carbocycles. The van der Waals surface area contributed by atoms with E-state index in [1.807, 2.05) is 18.2 Å². The summed E-state index contributed by atoms with van der Waals surface area (Å²) in [5.41, 5.74) is 1.30. The molecule has 0 atom stereocenters. The number of halogens is 3. The van der Waals surface area contributed by atoms with E-state index in [0.717, 1.165) is 5.69 Å². The number of nitrogens with one attached hydrogen (secondary N) is 1. The first kappa shape index (κ1) is 20.0. The van der Waals surface area contributed by atoms with Gasteiger partial charge in [0.2, 0.25) is 5.91 Å². The number of carbonyl (C=O) groups excluding carboxylic acids is 2. The lowest BCUT2D eigenvalue weighted by Crippen LogP contribution is -2.42. The SMILES string of the molecule is O=C(c1ccc(Cl)c(Cl)c1)C1CCN(C(=O)CNc2ccccc2Cl)CC1. The fraction of sp³-hybridized carbons (Fsp3) is 0.300. The summed E-state index contributed by atoms with van der Waals surface area (Å²) in [5.74, 6) is -0.0620. The number of Topliss-reactive ketones (excluding diaryl/α,β-unsaturated/α-hetero) is 1. The molecule has 7 heteroatoms. The lowest BCUT2D eigenvalue weighted by atomic mass is 9.89. The van der Waals surface area contributed by atoms with Crippen molar-refractivity contribution in [3.63, 3.8) is 0 Å². The van der Waals surface area contributed by atoms with Gasteiger partial charge in [0.05, 0.1) is 27.3 Å². The second kappa shape index (κ2) is 8.96. The van der Waals surface area contributed by atoms with E-state index < -0.39 is 0 Å². The highest BCUT2D eigenvalue weighted by Gasteiger charge is 2.28. The van der Waals surface area contributed by atoms with Crippen LogP contribution in [0.15, 0.2) is 42.5 Å². The number of carbonyl (C=O) groups is 2. The molecule has 0 aliphatic carbocycles. The molecule has 0 spiro atoms. The van der Waals surface area contributed by atoms with Crippen molar-refractivity contribution >= 4 is 52.2 Å². The minimum atomic E-state index is -0.109. The number of likely N-dealkylation sites (tertiary alicyclic amines) is 1. The van der Waals surface area contributed by atoms with Gasteiger partial charge >= 0.3 is 0 Å². The summed E-state index contributed by atoms with van der Waals surface area (Å²) in [4.78, 5) is 26.9. The van der Waals surface area contributed by atoms with Crippen LogP contribution in [0.25, 0.3) is 0 Å². The molecule has 1 fully saturated rings. The van der Waals surface area contributed by atoms with Crippen molar-refractivity contribution in [2.75, 3.05) is 25.0 Å². The molecule has 1 aliphatic heterocycles. The van der Waals surface area contributed by atoms with Gasteiger partial charge in [-0.05, 0) is 43.2 Å². The smallest absolute Gasteiger partial charge is 0.241 e. The van der Waals surface area contributed by atoms with Gasteiger partial charge in [-0.25, -0.2) is 0 Å².